The van der Waals surface area contributed by atoms with E-state index in [1.54, 1.807) is 24.3 Å². The lowest BCUT2D eigenvalue weighted by Crippen LogP contribution is -2.15. The molecule has 0 saturated heterocycles. The minimum absolute atomic E-state index is 0.00248. The van der Waals surface area contributed by atoms with Crippen LogP contribution in [0.1, 0.15) is 11.3 Å². The normalized spacial score (nSPS) is 11.7. The van der Waals surface area contributed by atoms with E-state index < -0.39 is 23.5 Å². The fourth-order valence-electron chi connectivity index (χ4n) is 3.44. The van der Waals surface area contributed by atoms with E-state index in [1.807, 2.05) is 0 Å². The van der Waals surface area contributed by atoms with Crippen molar-refractivity contribution in [2.24, 2.45) is 10.2 Å². The van der Waals surface area contributed by atoms with Gasteiger partial charge in [-0.1, -0.05) is 30.3 Å². The van der Waals surface area contributed by atoms with Gasteiger partial charge in [-0.15, -0.1) is 10.2 Å². The summed E-state index contributed by atoms with van der Waals surface area (Å²) in [4.78, 5) is 23.6. The van der Waals surface area contributed by atoms with Gasteiger partial charge in [0.15, 0.2) is 11.4 Å². The van der Waals surface area contributed by atoms with Crippen molar-refractivity contribution < 1.29 is 32.9 Å². The Bertz CT molecular complexity index is 1540. The summed E-state index contributed by atoms with van der Waals surface area (Å²) in [5, 5.41) is 30.1. The topological polar surface area (TPSA) is 129 Å². The van der Waals surface area contributed by atoms with E-state index in [4.69, 9.17) is 5.11 Å². The summed E-state index contributed by atoms with van der Waals surface area (Å²) in [7, 11) is 0. The first-order chi connectivity index (χ1) is 17.0. The van der Waals surface area contributed by atoms with Crippen molar-refractivity contribution in [2.45, 2.75) is 13.1 Å². The van der Waals surface area contributed by atoms with Gasteiger partial charge in [0.1, 0.15) is 11.4 Å². The predicted octanol–water partition coefficient (Wildman–Crippen LogP) is 6.34. The first-order valence-corrected chi connectivity index (χ1v) is 10.3. The predicted molar refractivity (Wildman–Crippen MR) is 123 cm³/mol. The van der Waals surface area contributed by atoms with Gasteiger partial charge in [0.2, 0.25) is 0 Å². The molecule has 9 nitrogen and oxygen atoms in total. The molecule has 12 heteroatoms. The molecule has 0 aliphatic rings. The molecule has 0 unspecified atom stereocenters. The fraction of sp³-hybridized carbons (Fsp3) is 0.0833. The second-order valence-corrected chi connectivity index (χ2v) is 7.54. The molecule has 0 amide bonds. The molecule has 0 spiro atoms. The van der Waals surface area contributed by atoms with Gasteiger partial charge < -0.3 is 14.9 Å². The zero-order chi connectivity index (χ0) is 26.0. The molecule has 0 fully saturated rings. The van der Waals surface area contributed by atoms with Crippen molar-refractivity contribution in [3.8, 4) is 28.3 Å². The number of nitrogens with one attached hydrogen (secondary N) is 1. The number of hydrogen-bond donors (Lipinski definition) is 3. The van der Waals surface area contributed by atoms with E-state index >= 15 is 0 Å². The Labute approximate surface area is 200 Å². The number of benzene rings is 3. The minimum atomic E-state index is -4.58. The van der Waals surface area contributed by atoms with E-state index in [0.29, 0.717) is 11.1 Å². The van der Waals surface area contributed by atoms with Gasteiger partial charge in [-0.05, 0) is 48.9 Å². The van der Waals surface area contributed by atoms with E-state index in [2.05, 4.69) is 20.1 Å². The molecule has 0 atom stereocenters. The van der Waals surface area contributed by atoms with Crippen LogP contribution in [0, 0.1) is 6.92 Å². The van der Waals surface area contributed by atoms with Crippen LogP contribution >= 0.6 is 0 Å². The second-order valence-electron chi connectivity index (χ2n) is 7.54. The number of aryl methyl sites for hydroxylation is 1. The van der Waals surface area contributed by atoms with Crippen molar-refractivity contribution >= 4 is 17.5 Å². The number of azo groups is 1. The Balaban J connectivity index is 1.68. The molecule has 1 aromatic heterocycles. The molecule has 0 aliphatic carbocycles. The van der Waals surface area contributed by atoms with Crippen molar-refractivity contribution in [1.29, 1.82) is 0 Å². The van der Waals surface area contributed by atoms with Crippen LogP contribution in [-0.2, 0) is 6.18 Å². The SMILES string of the molecule is Cc1[nH]n(-c2cccc(C(F)(F)F)c2)c(=O)c1N=Nc1cccc(-c2cccc(OC(=O)O)c2)c1O. The molecule has 184 valence electrons. The van der Waals surface area contributed by atoms with Crippen LogP contribution in [-0.4, -0.2) is 26.1 Å². The molecule has 0 aliphatic heterocycles. The number of alkyl halides is 3. The summed E-state index contributed by atoms with van der Waals surface area (Å²) < 4.78 is 44.7. The van der Waals surface area contributed by atoms with E-state index in [1.165, 1.54) is 37.3 Å². The summed E-state index contributed by atoms with van der Waals surface area (Å²) in [6, 6.07) is 14.8. The van der Waals surface area contributed by atoms with Crippen LogP contribution in [0.3, 0.4) is 0 Å². The number of phenols is 1. The molecule has 4 aromatic rings. The van der Waals surface area contributed by atoms with Crippen molar-refractivity contribution in [1.82, 2.24) is 9.78 Å². The summed E-state index contributed by atoms with van der Waals surface area (Å²) in [5.41, 5.74) is -0.853. The van der Waals surface area contributed by atoms with Gasteiger partial charge in [-0.25, -0.2) is 9.48 Å². The number of aromatic hydroxyl groups is 1. The standard InChI is InChI=1S/C24H17F3N4O5/c1-13-20(22(33)31(30-13)16-7-3-6-15(12-16)24(25,26)27)29-28-19-10-4-9-18(21(19)32)14-5-2-8-17(11-14)36-23(34)35/h2-12,30,32H,1H3,(H,34,35). The van der Waals surface area contributed by atoms with Crippen LogP contribution in [0.25, 0.3) is 16.8 Å². The first kappa shape index (κ1) is 24.3. The fourth-order valence-corrected chi connectivity index (χ4v) is 3.44. The van der Waals surface area contributed by atoms with Crippen LogP contribution < -0.4 is 10.3 Å². The van der Waals surface area contributed by atoms with Gasteiger partial charge in [0, 0.05) is 5.56 Å². The monoisotopic (exact) mass is 498 g/mol. The zero-order valence-electron chi connectivity index (χ0n) is 18.4. The third-order valence-corrected chi connectivity index (χ3v) is 5.09. The van der Waals surface area contributed by atoms with Gasteiger partial charge in [-0.2, -0.15) is 13.2 Å². The largest absolute Gasteiger partial charge is 0.511 e. The van der Waals surface area contributed by atoms with E-state index in [-0.39, 0.29) is 34.3 Å². The van der Waals surface area contributed by atoms with E-state index in [9.17, 15) is 27.9 Å². The summed E-state index contributed by atoms with van der Waals surface area (Å²) in [6.07, 6.45) is -6.07. The summed E-state index contributed by atoms with van der Waals surface area (Å²) in [6.45, 7) is 1.50. The first-order valence-electron chi connectivity index (χ1n) is 10.3. The van der Waals surface area contributed by atoms with Gasteiger partial charge in [0.25, 0.3) is 5.56 Å². The Morgan fingerprint density at radius 2 is 1.75 bits per heavy atom. The summed E-state index contributed by atoms with van der Waals surface area (Å²) in [5.74, 6) is -0.246. The lowest BCUT2D eigenvalue weighted by Gasteiger charge is -2.08. The highest BCUT2D eigenvalue weighted by Crippen LogP contribution is 2.39. The number of aromatic amines is 1. The average molecular weight is 498 g/mol. The molecular formula is C24H17F3N4O5. The van der Waals surface area contributed by atoms with Gasteiger partial charge >= 0.3 is 12.3 Å². The molecule has 0 saturated carbocycles. The minimum Gasteiger partial charge on any atom is -0.505 e. The van der Waals surface area contributed by atoms with Crippen LogP contribution in [0.15, 0.2) is 81.8 Å². The molecule has 3 N–H and O–H groups in total. The number of hydrogen-bond acceptors (Lipinski definition) is 6. The molecule has 1 heterocycles. The Morgan fingerprint density at radius 1 is 1.03 bits per heavy atom. The Kier molecular flexibility index (Phi) is 6.34. The average Bonchev–Trinajstić information content (AvgIpc) is 3.11. The summed E-state index contributed by atoms with van der Waals surface area (Å²) >= 11 is 0. The number of rotatable bonds is 5. The molecular weight excluding hydrogens is 481 g/mol. The van der Waals surface area contributed by atoms with Gasteiger partial charge in [0.05, 0.1) is 16.9 Å². The lowest BCUT2D eigenvalue weighted by atomic mass is 10.0. The number of carbonyl (C=O) groups is 1. The van der Waals surface area contributed by atoms with Crippen LogP contribution in [0.2, 0.25) is 0 Å². The Morgan fingerprint density at radius 3 is 2.47 bits per heavy atom. The number of H-pyrrole nitrogens is 1. The van der Waals surface area contributed by atoms with Crippen LogP contribution in [0.4, 0.5) is 29.3 Å². The number of para-hydroxylation sites is 1. The molecule has 4 rings (SSSR count). The van der Waals surface area contributed by atoms with Crippen LogP contribution in [0.5, 0.6) is 11.5 Å². The number of aromatic nitrogens is 2. The maximum atomic E-state index is 13.1. The number of ether oxygens (including phenoxy) is 1. The third-order valence-electron chi connectivity index (χ3n) is 5.09. The van der Waals surface area contributed by atoms with Gasteiger partial charge in [-0.3, -0.25) is 9.89 Å². The molecule has 0 radical (unpaired) electrons. The third kappa shape index (κ3) is 4.97. The highest BCUT2D eigenvalue weighted by molar-refractivity contribution is 5.77. The van der Waals surface area contributed by atoms with E-state index in [0.717, 1.165) is 16.8 Å². The number of nitrogens with zero attached hydrogens (tertiary/aromatic N) is 3. The maximum absolute atomic E-state index is 13.1. The zero-order valence-corrected chi connectivity index (χ0v) is 18.4. The lowest BCUT2D eigenvalue weighted by molar-refractivity contribution is -0.137. The number of halogens is 3. The highest BCUT2D eigenvalue weighted by Gasteiger charge is 2.30. The molecule has 36 heavy (non-hydrogen) atoms. The number of phenolic OH excluding ortho intramolecular Hbond substituents is 1. The highest BCUT2D eigenvalue weighted by atomic mass is 19.4. The second kappa shape index (κ2) is 9.41. The molecule has 0 bridgehead atoms. The Hall–Kier alpha value is -4.87. The number of carboxylic acid groups (broad SMARTS) is 1. The van der Waals surface area contributed by atoms with Crippen molar-refractivity contribution in [3.63, 3.8) is 0 Å². The van der Waals surface area contributed by atoms with Crippen molar-refractivity contribution in [2.75, 3.05) is 0 Å². The smallest absolute Gasteiger partial charge is 0.505 e. The molecule has 3 aromatic carbocycles. The maximum Gasteiger partial charge on any atom is 0.511 e. The quantitative estimate of drug-likeness (QED) is 0.168. The van der Waals surface area contributed by atoms with Crippen molar-refractivity contribution in [3.05, 3.63) is 88.3 Å².